The van der Waals surface area contributed by atoms with E-state index in [1.807, 2.05) is 0 Å². The Morgan fingerprint density at radius 2 is 2.03 bits per heavy atom. The van der Waals surface area contributed by atoms with Crippen LogP contribution < -0.4 is 10.1 Å². The van der Waals surface area contributed by atoms with Crippen LogP contribution in [0.3, 0.4) is 0 Å². The van der Waals surface area contributed by atoms with Gasteiger partial charge in [-0.15, -0.1) is 0 Å². The Labute approximate surface area is 164 Å². The third-order valence-electron chi connectivity index (χ3n) is 3.97. The van der Waals surface area contributed by atoms with Crippen molar-refractivity contribution in [3.63, 3.8) is 0 Å². The van der Waals surface area contributed by atoms with Gasteiger partial charge in [0.2, 0.25) is 0 Å². The minimum Gasteiger partial charge on any atom is -0.494 e. The van der Waals surface area contributed by atoms with Crippen LogP contribution in [0.4, 0.5) is 11.4 Å². The lowest BCUT2D eigenvalue weighted by Gasteiger charge is -2.16. The van der Waals surface area contributed by atoms with Gasteiger partial charge in [-0.1, -0.05) is 0 Å². The van der Waals surface area contributed by atoms with Crippen molar-refractivity contribution in [2.24, 2.45) is 0 Å². The van der Waals surface area contributed by atoms with E-state index in [2.05, 4.69) is 10.1 Å². The summed E-state index contributed by atoms with van der Waals surface area (Å²) < 4.78 is 42.1. The fourth-order valence-corrected chi connectivity index (χ4v) is 3.31. The number of nitro benzene ring substituents is 1. The standard InChI is InChI=1S/C15H17N3O10S/c1-27-11-6-10(18(22)23)12(29(24,25)26)5-9(11)16-13-8(15(21)28-2)7-17(3-4-19)14(13)20/h5-6,16,19H,3-4,7H2,1-2H3,(H,24,25,26). The molecule has 0 spiro atoms. The molecule has 1 amide bonds. The maximum Gasteiger partial charge on any atom is 0.337 e. The Balaban J connectivity index is 2.62. The maximum atomic E-state index is 12.6. The molecule has 3 N–H and O–H groups in total. The Bertz CT molecular complexity index is 1000. The molecule has 0 aromatic heterocycles. The molecule has 0 unspecified atom stereocenters. The second-order valence-electron chi connectivity index (χ2n) is 5.67. The molecule has 0 saturated carbocycles. The summed E-state index contributed by atoms with van der Waals surface area (Å²) in [6.07, 6.45) is 0. The van der Waals surface area contributed by atoms with Crippen molar-refractivity contribution in [3.05, 3.63) is 33.5 Å². The van der Waals surface area contributed by atoms with Gasteiger partial charge in [0.1, 0.15) is 11.4 Å². The van der Waals surface area contributed by atoms with E-state index in [9.17, 15) is 32.7 Å². The second kappa shape index (κ2) is 8.42. The average Bonchev–Trinajstić information content (AvgIpc) is 2.96. The number of ether oxygens (including phenoxy) is 2. The number of nitro groups is 1. The zero-order chi connectivity index (χ0) is 21.9. The summed E-state index contributed by atoms with van der Waals surface area (Å²) in [5, 5.41) is 22.7. The van der Waals surface area contributed by atoms with Crippen molar-refractivity contribution in [2.45, 2.75) is 4.90 Å². The monoisotopic (exact) mass is 431 g/mol. The number of methoxy groups -OCH3 is 2. The average molecular weight is 431 g/mol. The zero-order valence-electron chi connectivity index (χ0n) is 15.2. The number of amides is 1. The predicted octanol–water partition coefficient (Wildman–Crippen LogP) is -0.476. The minimum absolute atomic E-state index is 0.0851. The van der Waals surface area contributed by atoms with Crippen LogP contribution in [0, 0.1) is 10.1 Å². The summed E-state index contributed by atoms with van der Waals surface area (Å²) in [4.78, 5) is 34.8. The van der Waals surface area contributed by atoms with Crippen LogP contribution >= 0.6 is 0 Å². The molecule has 0 fully saturated rings. The molecule has 2 rings (SSSR count). The molecule has 0 radical (unpaired) electrons. The molecule has 0 saturated heterocycles. The van der Waals surface area contributed by atoms with Crippen molar-refractivity contribution in [2.75, 3.05) is 39.2 Å². The summed E-state index contributed by atoms with van der Waals surface area (Å²) in [6.45, 7) is -0.645. The van der Waals surface area contributed by atoms with E-state index in [4.69, 9.17) is 9.84 Å². The van der Waals surface area contributed by atoms with E-state index >= 15 is 0 Å². The first-order valence-electron chi connectivity index (χ1n) is 7.87. The lowest BCUT2D eigenvalue weighted by molar-refractivity contribution is -0.387. The number of β-amino-alcohol motifs (C(OH)–C–C–N with tert-alkyl or cyclic N) is 1. The Kier molecular flexibility index (Phi) is 6.41. The number of benzene rings is 1. The molecular weight excluding hydrogens is 414 g/mol. The molecule has 1 aliphatic rings. The van der Waals surface area contributed by atoms with Crippen LogP contribution in [0.25, 0.3) is 0 Å². The summed E-state index contributed by atoms with van der Waals surface area (Å²) >= 11 is 0. The summed E-state index contributed by atoms with van der Waals surface area (Å²) in [5.74, 6) is -1.78. The Hall–Kier alpha value is -3.23. The van der Waals surface area contributed by atoms with E-state index in [1.54, 1.807) is 0 Å². The van der Waals surface area contributed by atoms with Gasteiger partial charge in [-0.05, 0) is 6.07 Å². The van der Waals surface area contributed by atoms with Gasteiger partial charge >= 0.3 is 16.1 Å². The number of carbonyl (C=O) groups excluding carboxylic acids is 2. The summed E-state index contributed by atoms with van der Waals surface area (Å²) in [5.41, 5.74) is -1.59. The van der Waals surface area contributed by atoms with E-state index in [1.165, 1.54) is 0 Å². The van der Waals surface area contributed by atoms with Crippen molar-refractivity contribution in [3.8, 4) is 5.75 Å². The Morgan fingerprint density at radius 3 is 2.52 bits per heavy atom. The van der Waals surface area contributed by atoms with Gasteiger partial charge in [0, 0.05) is 6.54 Å². The van der Waals surface area contributed by atoms with Gasteiger partial charge < -0.3 is 24.8 Å². The molecule has 1 aromatic rings. The third-order valence-corrected chi connectivity index (χ3v) is 4.85. The molecule has 13 nitrogen and oxygen atoms in total. The predicted molar refractivity (Wildman–Crippen MR) is 95.8 cm³/mol. The topological polar surface area (TPSA) is 186 Å². The highest BCUT2D eigenvalue weighted by atomic mass is 32.2. The number of rotatable bonds is 8. The van der Waals surface area contributed by atoms with Crippen molar-refractivity contribution >= 4 is 33.4 Å². The number of nitrogens with one attached hydrogen (secondary N) is 1. The molecule has 1 aromatic carbocycles. The van der Waals surface area contributed by atoms with Gasteiger partial charge in [0.05, 0.1) is 49.6 Å². The first kappa shape index (κ1) is 22.1. The number of carbonyl (C=O) groups is 2. The normalized spacial score (nSPS) is 14.2. The largest absolute Gasteiger partial charge is 0.494 e. The number of hydrogen-bond acceptors (Lipinski definition) is 10. The van der Waals surface area contributed by atoms with Gasteiger partial charge in [-0.2, -0.15) is 8.42 Å². The second-order valence-corrected chi connectivity index (χ2v) is 7.06. The molecular formula is C15H17N3O10S. The van der Waals surface area contributed by atoms with Crippen LogP contribution in [-0.4, -0.2) is 73.7 Å². The lowest BCUT2D eigenvalue weighted by atomic mass is 10.2. The maximum absolute atomic E-state index is 12.6. The number of esters is 1. The number of aliphatic hydroxyl groups excluding tert-OH is 1. The highest BCUT2D eigenvalue weighted by Gasteiger charge is 2.36. The van der Waals surface area contributed by atoms with Crippen molar-refractivity contribution in [1.82, 2.24) is 4.90 Å². The molecule has 1 aliphatic heterocycles. The van der Waals surface area contributed by atoms with Crippen LogP contribution in [0.5, 0.6) is 5.75 Å². The van der Waals surface area contributed by atoms with Crippen LogP contribution in [0.2, 0.25) is 0 Å². The van der Waals surface area contributed by atoms with Gasteiger partial charge in [0.25, 0.3) is 11.6 Å². The smallest absolute Gasteiger partial charge is 0.337 e. The number of anilines is 1. The summed E-state index contributed by atoms with van der Waals surface area (Å²) in [6, 6.07) is 1.45. The highest BCUT2D eigenvalue weighted by Crippen LogP contribution is 2.37. The van der Waals surface area contributed by atoms with Gasteiger partial charge in [-0.25, -0.2) is 4.79 Å². The first-order chi connectivity index (χ1) is 13.5. The van der Waals surface area contributed by atoms with E-state index in [-0.39, 0.29) is 42.4 Å². The van der Waals surface area contributed by atoms with Crippen molar-refractivity contribution < 1.29 is 42.1 Å². The van der Waals surface area contributed by atoms with Crippen LogP contribution in [0.1, 0.15) is 0 Å². The van der Waals surface area contributed by atoms with Crippen LogP contribution in [0.15, 0.2) is 28.3 Å². The highest BCUT2D eigenvalue weighted by molar-refractivity contribution is 7.86. The van der Waals surface area contributed by atoms with Crippen LogP contribution in [-0.2, 0) is 24.4 Å². The Morgan fingerprint density at radius 1 is 1.38 bits per heavy atom. The third kappa shape index (κ3) is 4.44. The number of hydrogen-bond donors (Lipinski definition) is 3. The fourth-order valence-electron chi connectivity index (χ4n) is 2.65. The van der Waals surface area contributed by atoms with E-state index in [0.29, 0.717) is 6.07 Å². The molecule has 1 heterocycles. The summed E-state index contributed by atoms with van der Waals surface area (Å²) in [7, 11) is -2.77. The molecule has 0 bridgehead atoms. The minimum atomic E-state index is -5.00. The molecule has 14 heteroatoms. The van der Waals surface area contributed by atoms with E-state index in [0.717, 1.165) is 25.2 Å². The fraction of sp³-hybridized carbons (Fsp3) is 0.333. The first-order valence-corrected chi connectivity index (χ1v) is 9.31. The molecule has 158 valence electrons. The number of aliphatic hydroxyl groups is 1. The molecule has 29 heavy (non-hydrogen) atoms. The zero-order valence-corrected chi connectivity index (χ0v) is 16.1. The molecule has 0 atom stereocenters. The van der Waals surface area contributed by atoms with E-state index < -0.39 is 37.5 Å². The van der Waals surface area contributed by atoms with Crippen molar-refractivity contribution in [1.29, 1.82) is 0 Å². The van der Waals surface area contributed by atoms with Gasteiger partial charge in [0.15, 0.2) is 4.90 Å². The van der Waals surface area contributed by atoms with Gasteiger partial charge in [-0.3, -0.25) is 19.5 Å². The SMILES string of the molecule is COC(=O)C1=C(Nc2cc(S(=O)(=O)O)c([N+](=O)[O-])cc2OC)C(=O)N(CCO)C1. The quantitative estimate of drug-likeness (QED) is 0.209. The number of nitrogens with zero attached hydrogens (tertiary/aromatic N) is 2. The molecule has 0 aliphatic carbocycles. The lowest BCUT2D eigenvalue weighted by Crippen LogP contribution is -2.31.